The van der Waals surface area contributed by atoms with Gasteiger partial charge in [0.25, 0.3) is 11.6 Å². The third kappa shape index (κ3) is 3.27. The van der Waals surface area contributed by atoms with Crippen LogP contribution in [0.3, 0.4) is 0 Å². The van der Waals surface area contributed by atoms with Crippen LogP contribution in [0.2, 0.25) is 0 Å². The Hall–Kier alpha value is -3.09. The molecule has 0 atom stereocenters. The fourth-order valence-electron chi connectivity index (χ4n) is 1.67. The molecule has 0 aromatic heterocycles. The summed E-state index contributed by atoms with van der Waals surface area (Å²) in [5.41, 5.74) is 6.73. The summed E-state index contributed by atoms with van der Waals surface area (Å²) in [5, 5.41) is 10.7. The van der Waals surface area contributed by atoms with E-state index in [2.05, 4.69) is 0 Å². The number of carbonyl (C=O) groups is 1. The third-order valence-corrected chi connectivity index (χ3v) is 2.71. The van der Waals surface area contributed by atoms with Gasteiger partial charge in [0.2, 0.25) is 0 Å². The molecule has 0 aliphatic carbocycles. The number of nitrogens with zero attached hydrogens (tertiary/aromatic N) is 1. The van der Waals surface area contributed by atoms with E-state index in [1.54, 1.807) is 24.3 Å². The van der Waals surface area contributed by atoms with E-state index in [1.807, 2.05) is 0 Å². The molecular weight excluding hydrogens is 276 g/mol. The molecule has 21 heavy (non-hydrogen) atoms. The average molecular weight is 287 g/mol. The van der Waals surface area contributed by atoms with E-state index in [1.165, 1.54) is 19.2 Å². The minimum Gasteiger partial charge on any atom is -0.497 e. The number of nitro benzene ring substituents is 1. The van der Waals surface area contributed by atoms with Crippen molar-refractivity contribution in [3.8, 4) is 17.2 Å². The van der Waals surface area contributed by atoms with Crippen LogP contribution in [-0.2, 0) is 0 Å². The maximum Gasteiger partial charge on any atom is 0.273 e. The van der Waals surface area contributed by atoms with Crippen LogP contribution in [0.1, 0.15) is 10.4 Å². The Bertz CT molecular complexity index is 682. The summed E-state index contributed by atoms with van der Waals surface area (Å²) in [4.78, 5) is 21.3. The quantitative estimate of drug-likeness (QED) is 0.621. The van der Waals surface area contributed by atoms with Gasteiger partial charge in [-0.25, -0.2) is 0 Å². The van der Waals surface area contributed by atoms with E-state index in [0.717, 1.165) is 6.07 Å². The van der Waals surface area contributed by atoms with Gasteiger partial charge in [-0.05, 0) is 30.3 Å². The number of non-ortho nitro benzene ring substituents is 1. The lowest BCUT2D eigenvalue weighted by atomic mass is 10.1. The maximum absolute atomic E-state index is 11.3. The second-order valence-corrected chi connectivity index (χ2v) is 4.04. The molecule has 2 rings (SSSR count). The molecule has 0 unspecified atom stereocenters. The Morgan fingerprint density at radius 1 is 1.14 bits per heavy atom. The fraction of sp³-hybridized carbons (Fsp3) is 0.0714. The topological polar surface area (TPSA) is 102 Å². The van der Waals surface area contributed by atoms with Crippen LogP contribution in [-0.4, -0.2) is 17.9 Å². The Kier molecular flexibility index (Phi) is 4.03. The molecular formula is C14H11N2O5. The van der Waals surface area contributed by atoms with Gasteiger partial charge >= 0.3 is 0 Å². The SMILES string of the molecule is COc1ccc(Oc2ccc([N+](=O)[O-])cc2C([NH])=O)cc1. The van der Waals surface area contributed by atoms with Gasteiger partial charge in [0.05, 0.1) is 17.6 Å². The molecule has 7 heteroatoms. The summed E-state index contributed by atoms with van der Waals surface area (Å²) in [6.07, 6.45) is 0. The number of ether oxygens (including phenoxy) is 2. The van der Waals surface area contributed by atoms with Gasteiger partial charge in [-0.15, -0.1) is 0 Å². The largest absolute Gasteiger partial charge is 0.497 e. The summed E-state index contributed by atoms with van der Waals surface area (Å²) in [6.45, 7) is 0. The first-order valence-electron chi connectivity index (χ1n) is 5.87. The Morgan fingerprint density at radius 3 is 2.29 bits per heavy atom. The van der Waals surface area contributed by atoms with Gasteiger partial charge in [0, 0.05) is 12.1 Å². The first-order chi connectivity index (χ1) is 10.0. The van der Waals surface area contributed by atoms with E-state index in [4.69, 9.17) is 15.2 Å². The number of hydrogen-bond acceptors (Lipinski definition) is 5. The van der Waals surface area contributed by atoms with Gasteiger partial charge < -0.3 is 9.47 Å². The molecule has 0 saturated heterocycles. The third-order valence-electron chi connectivity index (χ3n) is 2.71. The van der Waals surface area contributed by atoms with Crippen LogP contribution in [0.4, 0.5) is 5.69 Å². The van der Waals surface area contributed by atoms with E-state index in [9.17, 15) is 14.9 Å². The first-order valence-corrected chi connectivity index (χ1v) is 5.87. The normalized spacial score (nSPS) is 9.95. The van der Waals surface area contributed by atoms with Crippen molar-refractivity contribution < 1.29 is 19.2 Å². The van der Waals surface area contributed by atoms with Crippen LogP contribution < -0.4 is 15.2 Å². The molecule has 1 amide bonds. The summed E-state index contributed by atoms with van der Waals surface area (Å²) >= 11 is 0. The van der Waals surface area contributed by atoms with Gasteiger partial charge in [-0.1, -0.05) is 0 Å². The summed E-state index contributed by atoms with van der Waals surface area (Å²) in [7, 11) is 1.53. The van der Waals surface area contributed by atoms with Crippen LogP contribution in [0.5, 0.6) is 17.2 Å². The van der Waals surface area contributed by atoms with E-state index >= 15 is 0 Å². The van der Waals surface area contributed by atoms with Crippen molar-refractivity contribution in [2.45, 2.75) is 0 Å². The van der Waals surface area contributed by atoms with Crippen molar-refractivity contribution in [2.75, 3.05) is 7.11 Å². The summed E-state index contributed by atoms with van der Waals surface area (Å²) < 4.78 is 10.5. The highest BCUT2D eigenvalue weighted by Crippen LogP contribution is 2.29. The van der Waals surface area contributed by atoms with Crippen molar-refractivity contribution >= 4 is 11.6 Å². The number of rotatable bonds is 5. The van der Waals surface area contributed by atoms with Gasteiger partial charge in [-0.3, -0.25) is 20.6 Å². The number of amides is 1. The van der Waals surface area contributed by atoms with Gasteiger partial charge in [0.15, 0.2) is 0 Å². The van der Waals surface area contributed by atoms with Crippen LogP contribution in [0.25, 0.3) is 0 Å². The number of methoxy groups -OCH3 is 1. The van der Waals surface area contributed by atoms with E-state index in [0.29, 0.717) is 11.5 Å². The Balaban J connectivity index is 2.34. The van der Waals surface area contributed by atoms with Gasteiger partial charge in [0.1, 0.15) is 17.2 Å². The molecule has 0 saturated carbocycles. The number of carbonyl (C=O) groups excluding carboxylic acids is 1. The minimum atomic E-state index is -1.05. The maximum atomic E-state index is 11.3. The predicted octanol–water partition coefficient (Wildman–Crippen LogP) is 2.82. The van der Waals surface area contributed by atoms with Crippen molar-refractivity contribution in [1.29, 1.82) is 0 Å². The summed E-state index contributed by atoms with van der Waals surface area (Å²) in [5.74, 6) is 0.1000. The highest BCUT2D eigenvalue weighted by Gasteiger charge is 2.16. The molecule has 2 aromatic carbocycles. The van der Waals surface area contributed by atoms with Crippen molar-refractivity contribution in [3.63, 3.8) is 0 Å². The van der Waals surface area contributed by atoms with Crippen molar-refractivity contribution in [2.24, 2.45) is 0 Å². The molecule has 0 bridgehead atoms. The van der Waals surface area contributed by atoms with Gasteiger partial charge in [-0.2, -0.15) is 0 Å². The van der Waals surface area contributed by atoms with Crippen molar-refractivity contribution in [1.82, 2.24) is 5.73 Å². The monoisotopic (exact) mass is 287 g/mol. The molecule has 1 radical (unpaired) electrons. The first kappa shape index (κ1) is 14.3. The molecule has 0 heterocycles. The highest BCUT2D eigenvalue weighted by molar-refractivity contribution is 5.95. The number of hydrogen-bond donors (Lipinski definition) is 0. The molecule has 1 N–H and O–H groups in total. The van der Waals surface area contributed by atoms with Crippen LogP contribution in [0.15, 0.2) is 42.5 Å². The van der Waals surface area contributed by atoms with E-state index in [-0.39, 0.29) is 17.0 Å². The smallest absolute Gasteiger partial charge is 0.273 e. The predicted molar refractivity (Wildman–Crippen MR) is 73.6 cm³/mol. The second kappa shape index (κ2) is 5.91. The molecule has 7 nitrogen and oxygen atoms in total. The number of benzene rings is 2. The Morgan fingerprint density at radius 2 is 1.76 bits per heavy atom. The molecule has 107 valence electrons. The standard InChI is InChI=1S/C14H11N2O5/c1-20-10-3-5-11(6-4-10)21-13-7-2-9(16(18)19)8-12(13)14(15)17/h2-8,15H,1H3. The van der Waals surface area contributed by atoms with Crippen LogP contribution in [0, 0.1) is 10.1 Å². The second-order valence-electron chi connectivity index (χ2n) is 4.04. The Labute approximate surface area is 120 Å². The fourth-order valence-corrected chi connectivity index (χ4v) is 1.67. The molecule has 0 fully saturated rings. The van der Waals surface area contributed by atoms with Crippen LogP contribution >= 0.6 is 0 Å². The zero-order valence-corrected chi connectivity index (χ0v) is 11.0. The molecule has 0 spiro atoms. The number of nitro groups is 1. The lowest BCUT2D eigenvalue weighted by molar-refractivity contribution is -0.384. The number of nitrogens with one attached hydrogen (secondary N) is 1. The lowest BCUT2D eigenvalue weighted by Crippen LogP contribution is -2.03. The molecule has 0 aliphatic rings. The van der Waals surface area contributed by atoms with Crippen molar-refractivity contribution in [3.05, 3.63) is 58.1 Å². The zero-order chi connectivity index (χ0) is 15.4. The minimum absolute atomic E-state index is 0.0887. The zero-order valence-electron chi connectivity index (χ0n) is 11.0. The highest BCUT2D eigenvalue weighted by atomic mass is 16.6. The average Bonchev–Trinajstić information content (AvgIpc) is 2.48. The lowest BCUT2D eigenvalue weighted by Gasteiger charge is -2.09. The summed E-state index contributed by atoms with van der Waals surface area (Å²) in [6, 6.07) is 10.1. The molecule has 0 aliphatic heterocycles. The molecule has 2 aromatic rings. The van der Waals surface area contributed by atoms with E-state index < -0.39 is 10.8 Å².